The number of nitrogen functional groups attached to an aromatic ring is 1. The van der Waals surface area contributed by atoms with Crippen LogP contribution in [0.2, 0.25) is 0 Å². The van der Waals surface area contributed by atoms with E-state index in [9.17, 15) is 4.79 Å². The Labute approximate surface area is 97.1 Å². The van der Waals surface area contributed by atoms with Crippen LogP contribution < -0.4 is 11.4 Å². The second-order valence-electron chi connectivity index (χ2n) is 3.83. The summed E-state index contributed by atoms with van der Waals surface area (Å²) in [6, 6.07) is 3.53. The molecular weight excluding hydrogens is 224 g/mol. The molecule has 3 atom stereocenters. The van der Waals surface area contributed by atoms with Crippen molar-refractivity contribution in [3.8, 4) is 6.07 Å². The molecule has 1 saturated heterocycles. The molecule has 0 aromatic carbocycles. The molecule has 0 aliphatic carbocycles. The van der Waals surface area contributed by atoms with Crippen LogP contribution in [0.1, 0.15) is 12.6 Å². The lowest BCUT2D eigenvalue weighted by atomic mass is 10.0. The Bertz CT molecular complexity index is 507. The summed E-state index contributed by atoms with van der Waals surface area (Å²) < 4.78 is 6.70. The molecule has 2 heterocycles. The monoisotopic (exact) mass is 236 g/mol. The van der Waals surface area contributed by atoms with Crippen molar-refractivity contribution in [3.05, 3.63) is 22.7 Å². The number of nitriles is 1. The molecule has 2 rings (SSSR count). The number of ether oxygens (including phenoxy) is 1. The van der Waals surface area contributed by atoms with Crippen molar-refractivity contribution in [2.45, 2.75) is 18.8 Å². The molecule has 0 radical (unpaired) electrons. The number of anilines is 1. The Morgan fingerprint density at radius 3 is 3.06 bits per heavy atom. The normalized spacial score (nSPS) is 27.9. The second kappa shape index (κ2) is 4.53. The summed E-state index contributed by atoms with van der Waals surface area (Å²) in [4.78, 5) is 15.1. The number of hydrogen-bond donors (Lipinski definition) is 2. The van der Waals surface area contributed by atoms with E-state index in [4.69, 9.17) is 20.8 Å². The molecule has 17 heavy (non-hydrogen) atoms. The number of aliphatic hydroxyl groups excluding tert-OH is 1. The van der Waals surface area contributed by atoms with Crippen molar-refractivity contribution < 1.29 is 9.84 Å². The van der Waals surface area contributed by atoms with Crippen LogP contribution in [0.4, 0.5) is 5.82 Å². The average molecular weight is 236 g/mol. The van der Waals surface area contributed by atoms with Crippen molar-refractivity contribution in [2.75, 3.05) is 12.3 Å². The molecule has 7 heteroatoms. The van der Waals surface area contributed by atoms with E-state index < -0.39 is 23.9 Å². The third kappa shape index (κ3) is 2.13. The minimum absolute atomic E-state index is 0.139. The summed E-state index contributed by atoms with van der Waals surface area (Å²) in [6.45, 7) is -0.244. The van der Waals surface area contributed by atoms with E-state index >= 15 is 0 Å². The SMILES string of the molecule is N#CC1C[C@H](n2ccc(N)nc2=O)O[C@@H]1CO. The first-order valence-corrected chi connectivity index (χ1v) is 5.16. The van der Waals surface area contributed by atoms with Gasteiger partial charge in [-0.2, -0.15) is 10.2 Å². The maximum Gasteiger partial charge on any atom is 0.351 e. The van der Waals surface area contributed by atoms with Crippen molar-refractivity contribution in [3.63, 3.8) is 0 Å². The fourth-order valence-corrected chi connectivity index (χ4v) is 1.85. The van der Waals surface area contributed by atoms with Crippen LogP contribution in [0.3, 0.4) is 0 Å². The summed E-state index contributed by atoms with van der Waals surface area (Å²) in [5, 5.41) is 17.9. The Morgan fingerprint density at radius 1 is 1.76 bits per heavy atom. The number of nitrogens with two attached hydrogens (primary N) is 1. The number of aliphatic hydroxyl groups is 1. The first-order chi connectivity index (χ1) is 8.15. The van der Waals surface area contributed by atoms with Crippen molar-refractivity contribution >= 4 is 5.82 Å². The average Bonchev–Trinajstić information content (AvgIpc) is 2.72. The van der Waals surface area contributed by atoms with E-state index in [1.807, 2.05) is 0 Å². The standard InChI is InChI=1S/C10H12N4O3/c11-4-6-3-9(17-7(6)5-15)14-2-1-8(12)13-10(14)16/h1-2,6-7,9,15H,3,5H2,(H2,12,13,16)/t6?,7-,9-/m1/s1. The Balaban J connectivity index is 2.26. The van der Waals surface area contributed by atoms with Crippen LogP contribution in [-0.4, -0.2) is 27.4 Å². The number of nitrogens with zero attached hydrogens (tertiary/aromatic N) is 3. The molecule has 0 amide bonds. The molecule has 7 nitrogen and oxygen atoms in total. The van der Waals surface area contributed by atoms with Crippen molar-refractivity contribution in [1.29, 1.82) is 5.26 Å². The number of aromatic nitrogens is 2. The van der Waals surface area contributed by atoms with Crippen LogP contribution in [-0.2, 0) is 4.74 Å². The number of hydrogen-bond acceptors (Lipinski definition) is 6. The smallest absolute Gasteiger partial charge is 0.351 e. The van der Waals surface area contributed by atoms with Gasteiger partial charge in [0.1, 0.15) is 12.0 Å². The predicted molar refractivity (Wildman–Crippen MR) is 57.6 cm³/mol. The summed E-state index contributed by atoms with van der Waals surface area (Å²) in [7, 11) is 0. The van der Waals surface area contributed by atoms with E-state index in [0.29, 0.717) is 6.42 Å². The summed E-state index contributed by atoms with van der Waals surface area (Å²) >= 11 is 0. The lowest BCUT2D eigenvalue weighted by Gasteiger charge is -2.14. The van der Waals surface area contributed by atoms with Gasteiger partial charge in [-0.15, -0.1) is 0 Å². The van der Waals surface area contributed by atoms with Crippen LogP contribution in [0.5, 0.6) is 0 Å². The first kappa shape index (κ1) is 11.6. The van der Waals surface area contributed by atoms with E-state index in [0.717, 1.165) is 0 Å². The molecule has 0 bridgehead atoms. The van der Waals surface area contributed by atoms with Gasteiger partial charge in [0.05, 0.1) is 24.7 Å². The maximum absolute atomic E-state index is 11.6. The topological polar surface area (TPSA) is 114 Å². The van der Waals surface area contributed by atoms with Crippen LogP contribution in [0.25, 0.3) is 0 Å². The molecule has 1 aromatic heterocycles. The van der Waals surface area contributed by atoms with Gasteiger partial charge in [-0.25, -0.2) is 4.79 Å². The third-order valence-corrected chi connectivity index (χ3v) is 2.74. The van der Waals surface area contributed by atoms with Crippen LogP contribution in [0, 0.1) is 17.2 Å². The van der Waals surface area contributed by atoms with E-state index in [1.165, 1.54) is 16.8 Å². The highest BCUT2D eigenvalue weighted by Gasteiger charge is 2.36. The molecule has 1 unspecified atom stereocenters. The minimum Gasteiger partial charge on any atom is -0.394 e. The highest BCUT2D eigenvalue weighted by molar-refractivity contribution is 5.23. The molecule has 0 spiro atoms. The van der Waals surface area contributed by atoms with Gasteiger partial charge >= 0.3 is 5.69 Å². The van der Waals surface area contributed by atoms with Gasteiger partial charge in [-0.1, -0.05) is 0 Å². The van der Waals surface area contributed by atoms with E-state index in [-0.39, 0.29) is 12.4 Å². The Hall–Kier alpha value is -1.91. The quantitative estimate of drug-likeness (QED) is 0.698. The summed E-state index contributed by atoms with van der Waals surface area (Å²) in [6.07, 6.45) is 0.698. The largest absolute Gasteiger partial charge is 0.394 e. The van der Waals surface area contributed by atoms with Gasteiger partial charge in [0.2, 0.25) is 0 Å². The highest BCUT2D eigenvalue weighted by Crippen LogP contribution is 2.31. The van der Waals surface area contributed by atoms with Gasteiger partial charge in [0.15, 0.2) is 0 Å². The molecule has 1 aromatic rings. The molecule has 90 valence electrons. The molecule has 1 aliphatic rings. The Morgan fingerprint density at radius 2 is 2.53 bits per heavy atom. The van der Waals surface area contributed by atoms with Gasteiger partial charge in [-0.05, 0) is 6.07 Å². The van der Waals surface area contributed by atoms with E-state index in [2.05, 4.69) is 11.1 Å². The maximum atomic E-state index is 11.6. The molecule has 0 saturated carbocycles. The Kier molecular flexibility index (Phi) is 3.08. The van der Waals surface area contributed by atoms with Crippen molar-refractivity contribution in [1.82, 2.24) is 9.55 Å². The minimum atomic E-state index is -0.572. The zero-order valence-corrected chi connectivity index (χ0v) is 8.98. The highest BCUT2D eigenvalue weighted by atomic mass is 16.5. The second-order valence-corrected chi connectivity index (χ2v) is 3.83. The first-order valence-electron chi connectivity index (χ1n) is 5.16. The summed E-state index contributed by atoms with van der Waals surface area (Å²) in [5.41, 5.74) is 4.85. The van der Waals surface area contributed by atoms with Gasteiger partial charge in [0.25, 0.3) is 0 Å². The lowest BCUT2D eigenvalue weighted by Crippen LogP contribution is -2.27. The van der Waals surface area contributed by atoms with E-state index in [1.54, 1.807) is 0 Å². The third-order valence-electron chi connectivity index (χ3n) is 2.74. The fourth-order valence-electron chi connectivity index (χ4n) is 1.85. The van der Waals surface area contributed by atoms with Gasteiger partial charge in [0, 0.05) is 12.6 Å². The lowest BCUT2D eigenvalue weighted by molar-refractivity contribution is -0.0289. The zero-order chi connectivity index (χ0) is 12.4. The fraction of sp³-hybridized carbons (Fsp3) is 0.500. The summed E-state index contributed by atoms with van der Waals surface area (Å²) in [5.74, 6) is -0.283. The molecule has 1 fully saturated rings. The predicted octanol–water partition coefficient (Wildman–Crippen LogP) is -0.755. The molecule has 1 aliphatic heterocycles. The number of rotatable bonds is 2. The van der Waals surface area contributed by atoms with Gasteiger partial charge in [-0.3, -0.25) is 4.57 Å². The van der Waals surface area contributed by atoms with Gasteiger partial charge < -0.3 is 15.6 Å². The molecule has 3 N–H and O–H groups in total. The van der Waals surface area contributed by atoms with Crippen molar-refractivity contribution in [2.24, 2.45) is 5.92 Å². The molecular formula is C10H12N4O3. The van der Waals surface area contributed by atoms with Crippen LogP contribution >= 0.6 is 0 Å². The zero-order valence-electron chi connectivity index (χ0n) is 8.98. The van der Waals surface area contributed by atoms with Crippen LogP contribution in [0.15, 0.2) is 17.1 Å².